The molecule has 2 aliphatic heterocycles. The van der Waals surface area contributed by atoms with Gasteiger partial charge in [0.25, 0.3) is 11.8 Å². The summed E-state index contributed by atoms with van der Waals surface area (Å²) in [5.41, 5.74) is 5.62. The molecule has 13 heteroatoms. The SMILES string of the molecule is O=C(Nc1ccc(-c2cc3cc(NC(=O)[C@@H]4CCCN4C(=O)C(c4ccccc4)n4ccnc4)ccc3[nH]2)cc1)[C@@H]1CCCN1C(=O)C(c1ccccc1)n1ccnc1. The molecule has 0 bridgehead atoms. The molecule has 4 aromatic carbocycles. The van der Waals surface area contributed by atoms with Crippen molar-refractivity contribution < 1.29 is 19.2 Å². The Morgan fingerprint density at radius 2 is 1.12 bits per heavy atom. The van der Waals surface area contributed by atoms with Crippen LogP contribution in [0.2, 0.25) is 0 Å². The summed E-state index contributed by atoms with van der Waals surface area (Å²) in [6, 6.07) is 32.0. The zero-order valence-electron chi connectivity index (χ0n) is 32.2. The van der Waals surface area contributed by atoms with Crippen LogP contribution in [0.15, 0.2) is 147 Å². The maximum Gasteiger partial charge on any atom is 0.250 e. The van der Waals surface area contributed by atoms with Gasteiger partial charge in [-0.25, -0.2) is 9.97 Å². The van der Waals surface area contributed by atoms with Gasteiger partial charge in [-0.3, -0.25) is 19.2 Å². The summed E-state index contributed by atoms with van der Waals surface area (Å²) in [6.45, 7) is 0.999. The Bertz CT molecular complexity index is 2570. The maximum absolute atomic E-state index is 14.1. The molecule has 13 nitrogen and oxygen atoms in total. The van der Waals surface area contributed by atoms with Crippen LogP contribution in [-0.2, 0) is 19.2 Å². The van der Waals surface area contributed by atoms with Gasteiger partial charge in [0.1, 0.15) is 24.2 Å². The van der Waals surface area contributed by atoms with Gasteiger partial charge in [0.05, 0.1) is 12.7 Å². The van der Waals surface area contributed by atoms with E-state index >= 15 is 0 Å². The molecule has 4 atom stereocenters. The van der Waals surface area contributed by atoms with Crippen LogP contribution in [0.1, 0.15) is 48.9 Å². The van der Waals surface area contributed by atoms with E-state index in [0.717, 1.165) is 46.1 Å². The predicted molar refractivity (Wildman–Crippen MR) is 224 cm³/mol. The molecule has 2 saturated heterocycles. The quantitative estimate of drug-likeness (QED) is 0.134. The number of aromatic amines is 1. The topological polar surface area (TPSA) is 150 Å². The molecule has 5 heterocycles. The molecule has 2 aliphatic rings. The highest BCUT2D eigenvalue weighted by Gasteiger charge is 2.40. The Balaban J connectivity index is 0.853. The number of imidazole rings is 2. The number of amides is 4. The molecule has 2 unspecified atom stereocenters. The van der Waals surface area contributed by atoms with Crippen LogP contribution in [0, 0.1) is 0 Å². The molecule has 7 aromatic rings. The van der Waals surface area contributed by atoms with Crippen LogP contribution in [0.5, 0.6) is 0 Å². The number of likely N-dealkylation sites (tertiary alicyclic amines) is 2. The van der Waals surface area contributed by atoms with E-state index in [4.69, 9.17) is 0 Å². The Hall–Kier alpha value is -7.28. The summed E-state index contributed by atoms with van der Waals surface area (Å²) >= 11 is 0. The number of nitrogens with zero attached hydrogens (tertiary/aromatic N) is 6. The van der Waals surface area contributed by atoms with Crippen LogP contribution in [-0.4, -0.2) is 82.7 Å². The Morgan fingerprint density at radius 3 is 1.63 bits per heavy atom. The molecule has 2 fully saturated rings. The number of hydrogen-bond acceptors (Lipinski definition) is 6. The van der Waals surface area contributed by atoms with E-state index in [9.17, 15) is 19.2 Å². The first-order valence-corrected chi connectivity index (χ1v) is 19.9. The lowest BCUT2D eigenvalue weighted by atomic mass is 10.0. The minimum absolute atomic E-state index is 0.141. The van der Waals surface area contributed by atoms with E-state index in [-0.39, 0.29) is 23.6 Å². The fourth-order valence-corrected chi connectivity index (χ4v) is 8.47. The van der Waals surface area contributed by atoms with Crippen molar-refractivity contribution in [2.45, 2.75) is 49.9 Å². The maximum atomic E-state index is 14.1. The van der Waals surface area contributed by atoms with Gasteiger partial charge in [0.2, 0.25) is 11.8 Å². The van der Waals surface area contributed by atoms with Crippen LogP contribution in [0.4, 0.5) is 11.4 Å². The van der Waals surface area contributed by atoms with Gasteiger partial charge in [-0.05, 0) is 78.8 Å². The molecule has 3 aromatic heterocycles. The second kappa shape index (κ2) is 16.3. The van der Waals surface area contributed by atoms with Gasteiger partial charge >= 0.3 is 0 Å². The first-order valence-electron chi connectivity index (χ1n) is 19.9. The number of nitrogens with one attached hydrogen (secondary N) is 3. The monoisotopic (exact) mass is 785 g/mol. The lowest BCUT2D eigenvalue weighted by Gasteiger charge is -2.29. The van der Waals surface area contributed by atoms with Crippen molar-refractivity contribution in [3.63, 3.8) is 0 Å². The van der Waals surface area contributed by atoms with Crippen molar-refractivity contribution in [2.24, 2.45) is 0 Å². The molecule has 4 amide bonds. The Kier molecular flexibility index (Phi) is 10.3. The predicted octanol–water partition coefficient (Wildman–Crippen LogP) is 6.67. The van der Waals surface area contributed by atoms with Crippen LogP contribution >= 0.6 is 0 Å². The van der Waals surface area contributed by atoms with E-state index in [0.29, 0.717) is 37.3 Å². The number of carbonyl (C=O) groups is 4. The van der Waals surface area contributed by atoms with Gasteiger partial charge in [-0.1, -0.05) is 72.8 Å². The number of carbonyl (C=O) groups excluding carboxylic acids is 4. The van der Waals surface area contributed by atoms with Gasteiger partial charge in [0, 0.05) is 65.8 Å². The normalized spacial score (nSPS) is 17.5. The molecule has 0 spiro atoms. The average Bonchev–Trinajstić information content (AvgIpc) is 4.12. The fourth-order valence-electron chi connectivity index (χ4n) is 8.47. The molecule has 296 valence electrons. The number of H-pyrrole nitrogens is 1. The summed E-state index contributed by atoms with van der Waals surface area (Å²) in [5.74, 6) is -0.726. The third kappa shape index (κ3) is 7.62. The number of aromatic nitrogens is 5. The third-order valence-corrected chi connectivity index (χ3v) is 11.4. The van der Waals surface area contributed by atoms with Gasteiger partial charge in [-0.15, -0.1) is 0 Å². The van der Waals surface area contributed by atoms with E-state index in [1.807, 2.05) is 109 Å². The number of rotatable bonds is 11. The van der Waals surface area contributed by atoms with Crippen LogP contribution in [0.3, 0.4) is 0 Å². The summed E-state index contributed by atoms with van der Waals surface area (Å²) in [4.78, 5) is 70.6. The van der Waals surface area contributed by atoms with Crippen LogP contribution < -0.4 is 10.6 Å². The van der Waals surface area contributed by atoms with E-state index in [1.54, 1.807) is 56.4 Å². The first kappa shape index (κ1) is 37.3. The molecule has 9 rings (SSSR count). The van der Waals surface area contributed by atoms with Crippen molar-refractivity contribution in [3.8, 4) is 11.3 Å². The highest BCUT2D eigenvalue weighted by Crippen LogP contribution is 2.31. The average molecular weight is 786 g/mol. The molecular weight excluding hydrogens is 743 g/mol. The molecule has 0 aliphatic carbocycles. The van der Waals surface area contributed by atoms with Gasteiger partial charge < -0.3 is 34.6 Å². The van der Waals surface area contributed by atoms with Crippen molar-refractivity contribution in [3.05, 3.63) is 158 Å². The summed E-state index contributed by atoms with van der Waals surface area (Å²) < 4.78 is 3.57. The summed E-state index contributed by atoms with van der Waals surface area (Å²) in [7, 11) is 0. The largest absolute Gasteiger partial charge is 0.355 e. The minimum Gasteiger partial charge on any atom is -0.355 e. The summed E-state index contributed by atoms with van der Waals surface area (Å²) in [5, 5.41) is 7.02. The third-order valence-electron chi connectivity index (χ3n) is 11.4. The van der Waals surface area contributed by atoms with Gasteiger partial charge in [-0.2, -0.15) is 0 Å². The second-order valence-electron chi connectivity index (χ2n) is 15.1. The lowest BCUT2D eigenvalue weighted by molar-refractivity contribution is -0.138. The Labute approximate surface area is 340 Å². The molecule has 59 heavy (non-hydrogen) atoms. The van der Waals surface area contributed by atoms with E-state index in [2.05, 4.69) is 25.6 Å². The number of fused-ring (bicyclic) bond motifs is 1. The molecule has 3 N–H and O–H groups in total. The van der Waals surface area contributed by atoms with Crippen LogP contribution in [0.25, 0.3) is 22.2 Å². The summed E-state index contributed by atoms with van der Waals surface area (Å²) in [6.07, 6.45) is 12.7. The highest BCUT2D eigenvalue weighted by molar-refractivity contribution is 6.01. The van der Waals surface area contributed by atoms with E-state index in [1.165, 1.54) is 0 Å². The number of benzene rings is 4. The molecular formula is C46H43N9O4. The number of anilines is 2. The highest BCUT2D eigenvalue weighted by atomic mass is 16.2. The van der Waals surface area contributed by atoms with Crippen molar-refractivity contribution >= 4 is 45.9 Å². The molecule has 0 radical (unpaired) electrons. The number of hydrogen-bond donors (Lipinski definition) is 3. The van der Waals surface area contributed by atoms with Crippen molar-refractivity contribution in [1.29, 1.82) is 0 Å². The zero-order valence-corrected chi connectivity index (χ0v) is 32.2. The van der Waals surface area contributed by atoms with Crippen molar-refractivity contribution in [2.75, 3.05) is 23.7 Å². The van der Waals surface area contributed by atoms with Gasteiger partial charge in [0.15, 0.2) is 0 Å². The standard InChI is InChI=1S/C46H43N9O4/c56-43(39-13-7-23-54(39)45(58)41(52-25-21-47-29-52)32-9-3-1-4-10-32)49-35-17-15-31(16-18-35)38-28-34-27-36(19-20-37(34)51-38)50-44(57)40-14-8-24-55(40)46(59)42(53-26-22-48-30-53)33-11-5-2-6-12-33/h1-6,9-12,15-22,25-30,39-42,51H,7-8,13-14,23-24H2,(H,49,56)(H,50,57)/t39-,40-,41?,42?/m0/s1. The lowest BCUT2D eigenvalue weighted by Crippen LogP contribution is -2.46. The second-order valence-corrected chi connectivity index (χ2v) is 15.1. The van der Waals surface area contributed by atoms with E-state index < -0.39 is 24.2 Å². The smallest absolute Gasteiger partial charge is 0.250 e. The zero-order chi connectivity index (χ0) is 40.3. The first-order chi connectivity index (χ1) is 28.9. The van der Waals surface area contributed by atoms with Crippen molar-refractivity contribution in [1.82, 2.24) is 33.9 Å². The fraction of sp³-hybridized carbons (Fsp3) is 0.217. The molecule has 0 saturated carbocycles. The Morgan fingerprint density at radius 1 is 0.610 bits per heavy atom. The minimum atomic E-state index is -0.618.